The maximum absolute atomic E-state index is 5.60. The Hall–Kier alpha value is 2.00. The second-order valence-electron chi connectivity index (χ2n) is 1.68. The predicted octanol–water partition coefficient (Wildman–Crippen LogP) is 3.18. The van der Waals surface area contributed by atoms with E-state index in [9.17, 15) is 0 Å². The zero-order valence-corrected chi connectivity index (χ0v) is 10.4. The summed E-state index contributed by atoms with van der Waals surface area (Å²) >= 11 is 22.9. The second kappa shape index (κ2) is 5.61. The van der Waals surface area contributed by atoms with Gasteiger partial charge in [0.25, 0.3) is 0 Å². The van der Waals surface area contributed by atoms with Crippen molar-refractivity contribution in [2.75, 3.05) is 0 Å². The molecule has 0 fully saturated rings. The van der Waals surface area contributed by atoms with Crippen LogP contribution in [0.1, 0.15) is 12.8 Å². The second-order valence-corrected chi connectivity index (χ2v) is 5.26. The van der Waals surface area contributed by atoms with Crippen LogP contribution in [0.3, 0.4) is 0 Å². The van der Waals surface area contributed by atoms with Crippen molar-refractivity contribution in [3.8, 4) is 0 Å². The fourth-order valence-corrected chi connectivity index (χ4v) is 1.06. The molecule has 6 heteroatoms. The molecule has 0 amide bonds. The third kappa shape index (κ3) is 8.10. The van der Waals surface area contributed by atoms with Crippen molar-refractivity contribution >= 4 is 46.4 Å². The quantitative estimate of drug-likeness (QED) is 0.728. The van der Waals surface area contributed by atoms with Gasteiger partial charge in [0.05, 0.1) is 0 Å². The molecule has 0 saturated heterocycles. The summed E-state index contributed by atoms with van der Waals surface area (Å²) in [6.45, 7) is 0. The Morgan fingerprint density at radius 2 is 1.90 bits per heavy atom. The molecule has 0 aromatic heterocycles. The normalized spacial score (nSPS) is 15.1. The van der Waals surface area contributed by atoms with E-state index in [0.717, 1.165) is 25.2 Å². The van der Waals surface area contributed by atoms with Crippen LogP contribution < -0.4 is 0 Å². The molecule has 1 atom stereocenters. The van der Waals surface area contributed by atoms with Crippen molar-refractivity contribution in [1.82, 2.24) is 0 Å². The first-order valence-electron chi connectivity index (χ1n) is 2.49. The molecule has 0 spiro atoms. The van der Waals surface area contributed by atoms with Gasteiger partial charge in [-0.2, -0.15) is 0 Å². The van der Waals surface area contributed by atoms with Gasteiger partial charge in [-0.3, -0.25) is 0 Å². The standard InChI is InChI=1S/C4H5Cl4O.Zr/c5-3(9)1-2-4(6,7)8;/h3H,1-2H2;/q-1;+1. The SMILES string of the molecule is ClC(CCC(Cl)(Cl)Cl)[O][Zr]. The van der Waals surface area contributed by atoms with E-state index < -0.39 is 3.79 Å². The molecule has 0 aliphatic heterocycles. The van der Waals surface area contributed by atoms with Crippen molar-refractivity contribution < 1.29 is 28.0 Å². The van der Waals surface area contributed by atoms with E-state index in [0.29, 0.717) is 12.8 Å². The van der Waals surface area contributed by atoms with Crippen molar-refractivity contribution in [2.45, 2.75) is 22.2 Å². The summed E-state index contributed by atoms with van der Waals surface area (Å²) in [6, 6.07) is 0. The molecule has 0 N–H and O–H groups in total. The van der Waals surface area contributed by atoms with Crippen molar-refractivity contribution in [3.63, 3.8) is 0 Å². The molecule has 0 saturated carbocycles. The Morgan fingerprint density at radius 1 is 1.40 bits per heavy atom. The van der Waals surface area contributed by atoms with E-state index in [1.165, 1.54) is 0 Å². The summed E-state index contributed by atoms with van der Waals surface area (Å²) in [4.78, 5) is 0. The van der Waals surface area contributed by atoms with E-state index in [1.807, 2.05) is 0 Å². The van der Waals surface area contributed by atoms with Gasteiger partial charge in [-0.1, -0.05) is 0 Å². The average Bonchev–Trinajstić information content (AvgIpc) is 1.81. The van der Waals surface area contributed by atoms with Crippen molar-refractivity contribution in [3.05, 3.63) is 0 Å². The number of halogens is 4. The molecule has 0 bridgehead atoms. The Balaban J connectivity index is 3.36. The Kier molecular flexibility index (Phi) is 6.74. The van der Waals surface area contributed by atoms with E-state index in [1.54, 1.807) is 0 Å². The first-order chi connectivity index (χ1) is 4.45. The maximum atomic E-state index is 5.60. The van der Waals surface area contributed by atoms with Gasteiger partial charge in [-0.25, -0.2) is 0 Å². The molecule has 0 aromatic carbocycles. The zero-order chi connectivity index (χ0) is 8.20. The molecule has 10 heavy (non-hydrogen) atoms. The molecular weight excluding hydrogens is 297 g/mol. The Morgan fingerprint density at radius 3 is 2.20 bits per heavy atom. The van der Waals surface area contributed by atoms with Gasteiger partial charge in [0, 0.05) is 0 Å². The van der Waals surface area contributed by atoms with Crippen LogP contribution in [-0.2, 0) is 28.0 Å². The van der Waals surface area contributed by atoms with Crippen LogP contribution in [0.5, 0.6) is 0 Å². The van der Waals surface area contributed by atoms with Crippen LogP contribution in [-0.4, -0.2) is 9.36 Å². The van der Waals surface area contributed by atoms with Crippen LogP contribution in [0.4, 0.5) is 0 Å². The number of alkyl halides is 4. The molecule has 1 unspecified atom stereocenters. The molecule has 0 aromatic rings. The molecule has 0 aliphatic carbocycles. The summed E-state index contributed by atoms with van der Waals surface area (Å²) in [5, 5.41) is 0. The third-order valence-corrected chi connectivity index (χ3v) is 2.72. The fourth-order valence-electron chi connectivity index (χ4n) is 0.336. The minimum atomic E-state index is -1.21. The van der Waals surface area contributed by atoms with Gasteiger partial charge in [-0.05, 0) is 0 Å². The third-order valence-electron chi connectivity index (χ3n) is 0.783. The summed E-state index contributed by atoms with van der Waals surface area (Å²) in [7, 11) is 0. The van der Waals surface area contributed by atoms with Crippen molar-refractivity contribution in [2.24, 2.45) is 0 Å². The van der Waals surface area contributed by atoms with Crippen LogP contribution in [0.2, 0.25) is 0 Å². The summed E-state index contributed by atoms with van der Waals surface area (Å²) in [5.41, 5.74) is -0.325. The van der Waals surface area contributed by atoms with Gasteiger partial charge in [0.15, 0.2) is 0 Å². The van der Waals surface area contributed by atoms with Gasteiger partial charge >= 0.3 is 96.6 Å². The van der Waals surface area contributed by atoms with Gasteiger partial charge in [0.2, 0.25) is 0 Å². The first-order valence-corrected chi connectivity index (χ1v) is 5.06. The average molecular weight is 302 g/mol. The monoisotopic (exact) mass is 299 g/mol. The fraction of sp³-hybridized carbons (Fsp3) is 1.00. The molecule has 0 radical (unpaired) electrons. The van der Waals surface area contributed by atoms with Crippen LogP contribution in [0, 0.1) is 0 Å². The van der Waals surface area contributed by atoms with E-state index in [4.69, 9.17) is 49.2 Å². The van der Waals surface area contributed by atoms with Crippen molar-refractivity contribution in [1.29, 1.82) is 0 Å². The minimum absolute atomic E-state index is 0.325. The van der Waals surface area contributed by atoms with E-state index >= 15 is 0 Å². The first kappa shape index (κ1) is 12.0. The van der Waals surface area contributed by atoms with Crippen LogP contribution >= 0.6 is 46.4 Å². The topological polar surface area (TPSA) is 9.23 Å². The van der Waals surface area contributed by atoms with Gasteiger partial charge in [0.1, 0.15) is 0 Å². The van der Waals surface area contributed by atoms with E-state index in [2.05, 4.69) is 0 Å². The molecular formula is C4H5Cl4OZr. The predicted molar refractivity (Wildman–Crippen MR) is 40.3 cm³/mol. The molecule has 0 aliphatic rings. The molecule has 1 nitrogen and oxygen atoms in total. The number of hydrogen-bond acceptors (Lipinski definition) is 1. The van der Waals surface area contributed by atoms with Gasteiger partial charge in [-0.15, -0.1) is 0 Å². The van der Waals surface area contributed by atoms with Crippen LogP contribution in [0.25, 0.3) is 0 Å². The molecule has 59 valence electrons. The Bertz CT molecular complexity index is 93.7. The molecule has 0 rings (SSSR count). The summed E-state index contributed by atoms with van der Waals surface area (Å²) in [6.07, 6.45) is 0.976. The van der Waals surface area contributed by atoms with E-state index in [-0.39, 0.29) is 5.56 Å². The summed E-state index contributed by atoms with van der Waals surface area (Å²) in [5.74, 6) is 0. The van der Waals surface area contributed by atoms with Gasteiger partial charge < -0.3 is 0 Å². The Labute approximate surface area is 95.8 Å². The zero-order valence-electron chi connectivity index (χ0n) is 4.91. The molecule has 0 heterocycles. The summed E-state index contributed by atoms with van der Waals surface area (Å²) < 4.78 is 3.62. The number of rotatable bonds is 3. The number of hydrogen-bond donors (Lipinski definition) is 0. The van der Waals surface area contributed by atoms with Crippen LogP contribution in [0.15, 0.2) is 0 Å².